The summed E-state index contributed by atoms with van der Waals surface area (Å²) in [4.78, 5) is 27.5. The van der Waals surface area contributed by atoms with Crippen molar-refractivity contribution < 1.29 is 28.2 Å². The lowest BCUT2D eigenvalue weighted by Crippen LogP contribution is -2.29. The van der Waals surface area contributed by atoms with Crippen LogP contribution >= 0.6 is 0 Å². The summed E-state index contributed by atoms with van der Waals surface area (Å²) < 4.78 is 24.9. The number of aliphatic hydroxyl groups is 1. The Morgan fingerprint density at radius 1 is 1.09 bits per heavy atom. The third kappa shape index (κ3) is 4.46. The van der Waals surface area contributed by atoms with Crippen LogP contribution in [-0.2, 0) is 16.1 Å². The number of ketones is 1. The minimum absolute atomic E-state index is 0.0166. The van der Waals surface area contributed by atoms with E-state index in [-0.39, 0.29) is 24.0 Å². The first kappa shape index (κ1) is 23.3. The normalized spacial score (nSPS) is 17.6. The highest BCUT2D eigenvalue weighted by Gasteiger charge is 2.47. The number of aliphatic hydroxyl groups excluding tert-OH is 1. The van der Waals surface area contributed by atoms with E-state index in [1.165, 1.54) is 17.0 Å². The number of rotatable bonds is 6. The van der Waals surface area contributed by atoms with Crippen LogP contribution in [0.5, 0.6) is 5.75 Å². The zero-order valence-electron chi connectivity index (χ0n) is 19.5. The highest BCUT2D eigenvalue weighted by molar-refractivity contribution is 6.46. The number of hydrogen-bond acceptors (Lipinski definition) is 5. The summed E-state index contributed by atoms with van der Waals surface area (Å²) in [5.41, 5.74) is 1.76. The zero-order chi connectivity index (χ0) is 24.6. The van der Waals surface area contributed by atoms with Gasteiger partial charge in [-0.3, -0.25) is 9.59 Å². The Labute approximate surface area is 197 Å². The van der Waals surface area contributed by atoms with Gasteiger partial charge in [0.05, 0.1) is 11.7 Å². The lowest BCUT2D eigenvalue weighted by molar-refractivity contribution is -0.140. The number of carbonyl (C=O) groups is 2. The van der Waals surface area contributed by atoms with Gasteiger partial charge in [0.1, 0.15) is 34.9 Å². The molecule has 1 unspecified atom stereocenters. The van der Waals surface area contributed by atoms with Gasteiger partial charge in [-0.25, -0.2) is 4.39 Å². The second kappa shape index (κ2) is 9.17. The number of nitrogens with zero attached hydrogens (tertiary/aromatic N) is 1. The van der Waals surface area contributed by atoms with Gasteiger partial charge in [0.2, 0.25) is 0 Å². The predicted molar refractivity (Wildman–Crippen MR) is 125 cm³/mol. The van der Waals surface area contributed by atoms with Crippen molar-refractivity contribution in [3.05, 3.63) is 94.2 Å². The molecule has 1 amide bonds. The number of benzene rings is 2. The number of Topliss-reactive ketones (excluding diaryl/α,β-unsaturated/α-hetero) is 1. The molecule has 1 aromatic heterocycles. The second-order valence-corrected chi connectivity index (χ2v) is 8.65. The Hall–Kier alpha value is -3.87. The molecule has 0 bridgehead atoms. The molecule has 4 rings (SSSR count). The number of carbonyl (C=O) groups excluding carboxylic acids is 2. The van der Waals surface area contributed by atoms with Crippen LogP contribution in [0.1, 0.15) is 48.1 Å². The van der Waals surface area contributed by atoms with Crippen molar-refractivity contribution in [2.24, 2.45) is 0 Å². The number of amides is 1. The van der Waals surface area contributed by atoms with Crippen molar-refractivity contribution in [2.45, 2.75) is 46.4 Å². The maximum Gasteiger partial charge on any atom is 0.296 e. The highest BCUT2D eigenvalue weighted by Crippen LogP contribution is 2.41. The Balaban J connectivity index is 1.80. The Morgan fingerprint density at radius 2 is 1.79 bits per heavy atom. The lowest BCUT2D eigenvalue weighted by Gasteiger charge is -2.23. The van der Waals surface area contributed by atoms with Crippen LogP contribution in [0, 0.1) is 19.7 Å². The minimum atomic E-state index is -0.925. The maximum atomic E-state index is 13.4. The van der Waals surface area contributed by atoms with Crippen LogP contribution in [0.25, 0.3) is 5.76 Å². The van der Waals surface area contributed by atoms with Gasteiger partial charge >= 0.3 is 0 Å². The van der Waals surface area contributed by atoms with Crippen molar-refractivity contribution in [3.63, 3.8) is 0 Å². The van der Waals surface area contributed by atoms with Crippen LogP contribution in [0.15, 0.2) is 64.6 Å². The molecule has 1 N–H and O–H groups in total. The SMILES string of the molecule is Cc1ccc(C2/C(=C(/O)c3ccc(OC(C)C)c(C)c3)C(=O)C(=O)N2Cc2ccc(F)cc2)o1. The van der Waals surface area contributed by atoms with Crippen molar-refractivity contribution in [1.29, 1.82) is 0 Å². The molecule has 3 aromatic rings. The van der Waals surface area contributed by atoms with Gasteiger partial charge in [-0.1, -0.05) is 12.1 Å². The molecule has 2 aromatic carbocycles. The first-order valence-electron chi connectivity index (χ1n) is 11.0. The standard InChI is InChI=1S/C27H26FNO5/c1-15(2)33-21-12-8-19(13-16(21)3)25(30)23-24(22-11-5-17(4)34-22)29(27(32)26(23)31)14-18-6-9-20(28)10-7-18/h5-13,15,24,30H,14H2,1-4H3/b25-23-. The summed E-state index contributed by atoms with van der Waals surface area (Å²) in [6.07, 6.45) is -0.0166. The largest absolute Gasteiger partial charge is 0.507 e. The van der Waals surface area contributed by atoms with Crippen LogP contribution in [-0.4, -0.2) is 27.8 Å². The minimum Gasteiger partial charge on any atom is -0.507 e. The summed E-state index contributed by atoms with van der Waals surface area (Å²) in [7, 11) is 0. The van der Waals surface area contributed by atoms with E-state index in [0.29, 0.717) is 28.4 Å². The van der Waals surface area contributed by atoms with E-state index < -0.39 is 23.5 Å². The quantitative estimate of drug-likeness (QED) is 0.299. The topological polar surface area (TPSA) is 80.0 Å². The van der Waals surface area contributed by atoms with E-state index in [1.54, 1.807) is 49.4 Å². The van der Waals surface area contributed by atoms with Gasteiger partial charge < -0.3 is 19.2 Å². The summed E-state index contributed by atoms with van der Waals surface area (Å²) in [5.74, 6) is -0.630. The molecule has 176 valence electrons. The molecular weight excluding hydrogens is 437 g/mol. The number of hydrogen-bond donors (Lipinski definition) is 1. The smallest absolute Gasteiger partial charge is 0.296 e. The van der Waals surface area contributed by atoms with Crippen molar-refractivity contribution in [2.75, 3.05) is 0 Å². The molecule has 34 heavy (non-hydrogen) atoms. The Bertz CT molecular complexity index is 1270. The van der Waals surface area contributed by atoms with Gasteiger partial charge in [0.25, 0.3) is 11.7 Å². The molecule has 0 radical (unpaired) electrons. The zero-order valence-corrected chi connectivity index (χ0v) is 19.5. The maximum absolute atomic E-state index is 13.4. The number of likely N-dealkylation sites (tertiary alicyclic amines) is 1. The molecule has 0 saturated carbocycles. The van der Waals surface area contributed by atoms with E-state index in [2.05, 4.69) is 0 Å². The third-order valence-electron chi connectivity index (χ3n) is 5.65. The second-order valence-electron chi connectivity index (χ2n) is 8.65. The van der Waals surface area contributed by atoms with Crippen LogP contribution < -0.4 is 4.74 Å². The summed E-state index contributed by atoms with van der Waals surface area (Å²) >= 11 is 0. The number of ether oxygens (including phenoxy) is 1. The van der Waals surface area contributed by atoms with Gasteiger partial charge in [-0.2, -0.15) is 0 Å². The first-order chi connectivity index (χ1) is 16.2. The van der Waals surface area contributed by atoms with Gasteiger partial charge in [-0.05, 0) is 81.3 Å². The van der Waals surface area contributed by atoms with Crippen molar-refractivity contribution in [3.8, 4) is 5.75 Å². The van der Waals surface area contributed by atoms with E-state index >= 15 is 0 Å². The molecule has 2 heterocycles. The lowest BCUT2D eigenvalue weighted by atomic mass is 9.98. The van der Waals surface area contributed by atoms with E-state index in [4.69, 9.17) is 9.15 Å². The van der Waals surface area contributed by atoms with Gasteiger partial charge in [0.15, 0.2) is 0 Å². The summed E-state index contributed by atoms with van der Waals surface area (Å²) in [6.45, 7) is 7.48. The van der Waals surface area contributed by atoms with Gasteiger partial charge in [0, 0.05) is 12.1 Å². The fraction of sp³-hybridized carbons (Fsp3) is 0.259. The van der Waals surface area contributed by atoms with E-state index in [1.807, 2.05) is 20.8 Å². The number of aryl methyl sites for hydroxylation is 2. The molecule has 1 atom stereocenters. The molecule has 1 aliphatic rings. The molecule has 1 fully saturated rings. The number of halogens is 1. The number of furan rings is 1. The van der Waals surface area contributed by atoms with Crippen LogP contribution in [0.3, 0.4) is 0 Å². The third-order valence-corrected chi connectivity index (χ3v) is 5.65. The average molecular weight is 464 g/mol. The molecule has 6 nitrogen and oxygen atoms in total. The molecule has 7 heteroatoms. The Morgan fingerprint density at radius 3 is 2.38 bits per heavy atom. The van der Waals surface area contributed by atoms with Crippen LogP contribution in [0.4, 0.5) is 4.39 Å². The summed E-state index contributed by atoms with van der Waals surface area (Å²) in [6, 6.07) is 13.3. The average Bonchev–Trinajstić information content (AvgIpc) is 3.32. The van der Waals surface area contributed by atoms with E-state index in [9.17, 15) is 19.1 Å². The fourth-order valence-corrected chi connectivity index (χ4v) is 4.06. The molecular formula is C27H26FNO5. The van der Waals surface area contributed by atoms with Crippen molar-refractivity contribution >= 4 is 17.4 Å². The van der Waals surface area contributed by atoms with Gasteiger partial charge in [-0.15, -0.1) is 0 Å². The molecule has 0 spiro atoms. The van der Waals surface area contributed by atoms with E-state index in [0.717, 1.165) is 5.56 Å². The first-order valence-corrected chi connectivity index (χ1v) is 11.0. The predicted octanol–water partition coefficient (Wildman–Crippen LogP) is 5.44. The molecule has 0 aliphatic carbocycles. The molecule has 1 aliphatic heterocycles. The summed E-state index contributed by atoms with van der Waals surface area (Å²) in [5, 5.41) is 11.2. The monoisotopic (exact) mass is 463 g/mol. The highest BCUT2D eigenvalue weighted by atomic mass is 19.1. The van der Waals surface area contributed by atoms with Crippen molar-refractivity contribution in [1.82, 2.24) is 4.90 Å². The Kier molecular flexibility index (Phi) is 6.28. The molecule has 1 saturated heterocycles. The fourth-order valence-electron chi connectivity index (χ4n) is 4.06. The van der Waals surface area contributed by atoms with Crippen LogP contribution in [0.2, 0.25) is 0 Å².